The molecule has 1 aliphatic heterocycles. The molecular weight excluding hydrogens is 144 g/mol. The summed E-state index contributed by atoms with van der Waals surface area (Å²) >= 11 is 0. The van der Waals surface area contributed by atoms with Gasteiger partial charge in [0.2, 0.25) is 0 Å². The normalized spacial score (nSPS) is 16.2. The van der Waals surface area contributed by atoms with Gasteiger partial charge in [-0.15, -0.1) is 0 Å². The molecule has 0 aliphatic carbocycles. The van der Waals surface area contributed by atoms with Crippen molar-refractivity contribution in [2.45, 2.75) is 6.61 Å². The molecule has 0 fully saturated rings. The fraction of sp³-hybridized carbons (Fsp3) is 0.286. The fourth-order valence-corrected chi connectivity index (χ4v) is 1.02. The van der Waals surface area contributed by atoms with Gasteiger partial charge in [0, 0.05) is 6.20 Å². The summed E-state index contributed by atoms with van der Waals surface area (Å²) in [7, 11) is 0. The number of Topliss-reactive ketones (excluding diaryl/α,β-unsaturated/α-hetero) is 1. The lowest BCUT2D eigenvalue weighted by Gasteiger charge is -2.12. The number of aromatic nitrogens is 2. The molecule has 4 heteroatoms. The molecule has 2 rings (SSSR count). The minimum Gasteiger partial charge on any atom is -0.367 e. The highest BCUT2D eigenvalue weighted by Crippen LogP contribution is 2.11. The Bertz CT molecular complexity index is 298. The lowest BCUT2D eigenvalue weighted by molar-refractivity contribution is 0.0653. The second-order valence-electron chi connectivity index (χ2n) is 2.30. The standard InChI is InChI=1S/C7H6N2O2/c10-7-3-11-2-6-5(7)1-8-4-9-6/h1,4H,2-3H2. The van der Waals surface area contributed by atoms with E-state index in [0.29, 0.717) is 17.9 Å². The summed E-state index contributed by atoms with van der Waals surface area (Å²) in [6, 6.07) is 0. The molecular formula is C7H6N2O2. The first kappa shape index (κ1) is 6.42. The van der Waals surface area contributed by atoms with Gasteiger partial charge in [0.25, 0.3) is 0 Å². The summed E-state index contributed by atoms with van der Waals surface area (Å²) in [4.78, 5) is 18.8. The van der Waals surface area contributed by atoms with E-state index in [2.05, 4.69) is 9.97 Å². The zero-order valence-electron chi connectivity index (χ0n) is 5.78. The first-order chi connectivity index (χ1) is 5.38. The quantitative estimate of drug-likeness (QED) is 0.529. The van der Waals surface area contributed by atoms with E-state index in [-0.39, 0.29) is 12.4 Å². The Morgan fingerprint density at radius 2 is 2.36 bits per heavy atom. The van der Waals surface area contributed by atoms with Crippen molar-refractivity contribution in [3.8, 4) is 0 Å². The van der Waals surface area contributed by atoms with Crippen molar-refractivity contribution in [2.75, 3.05) is 6.61 Å². The fourth-order valence-electron chi connectivity index (χ4n) is 1.02. The average molecular weight is 150 g/mol. The Hall–Kier alpha value is -1.29. The van der Waals surface area contributed by atoms with Gasteiger partial charge in [0.1, 0.15) is 12.9 Å². The number of rotatable bonds is 0. The highest BCUT2D eigenvalue weighted by molar-refractivity contribution is 5.98. The third kappa shape index (κ3) is 1.01. The summed E-state index contributed by atoms with van der Waals surface area (Å²) in [5, 5.41) is 0. The van der Waals surface area contributed by atoms with Gasteiger partial charge in [0.15, 0.2) is 5.78 Å². The highest BCUT2D eigenvalue weighted by atomic mass is 16.5. The SMILES string of the molecule is O=C1COCc2ncncc21. The summed E-state index contributed by atoms with van der Waals surface area (Å²) in [5.74, 6) is -0.0353. The third-order valence-electron chi connectivity index (χ3n) is 1.57. The lowest BCUT2D eigenvalue weighted by atomic mass is 10.1. The minimum atomic E-state index is -0.0353. The third-order valence-corrected chi connectivity index (χ3v) is 1.57. The molecule has 4 nitrogen and oxygen atoms in total. The van der Waals surface area contributed by atoms with E-state index in [9.17, 15) is 4.79 Å². The number of ketones is 1. The molecule has 11 heavy (non-hydrogen) atoms. The number of ether oxygens (including phenoxy) is 1. The summed E-state index contributed by atoms with van der Waals surface area (Å²) in [6.07, 6.45) is 2.95. The van der Waals surface area contributed by atoms with Gasteiger partial charge in [-0.2, -0.15) is 0 Å². The van der Waals surface area contributed by atoms with Crippen LogP contribution in [0.25, 0.3) is 0 Å². The summed E-state index contributed by atoms with van der Waals surface area (Å²) < 4.78 is 4.97. The Labute approximate surface area is 63.2 Å². The average Bonchev–Trinajstić information content (AvgIpc) is 2.06. The van der Waals surface area contributed by atoms with Crippen LogP contribution >= 0.6 is 0 Å². The van der Waals surface area contributed by atoms with Crippen molar-refractivity contribution in [1.29, 1.82) is 0 Å². The monoisotopic (exact) mass is 150 g/mol. The van der Waals surface area contributed by atoms with Crippen LogP contribution in [0.5, 0.6) is 0 Å². The van der Waals surface area contributed by atoms with Crippen molar-refractivity contribution in [2.24, 2.45) is 0 Å². The minimum absolute atomic E-state index is 0.0353. The van der Waals surface area contributed by atoms with E-state index < -0.39 is 0 Å². The van der Waals surface area contributed by atoms with E-state index in [1.165, 1.54) is 12.5 Å². The number of hydrogen-bond acceptors (Lipinski definition) is 4. The van der Waals surface area contributed by atoms with Gasteiger partial charge in [-0.3, -0.25) is 4.79 Å². The number of fused-ring (bicyclic) bond motifs is 1. The molecule has 2 heterocycles. The number of carbonyl (C=O) groups is 1. The van der Waals surface area contributed by atoms with Gasteiger partial charge >= 0.3 is 0 Å². The second-order valence-corrected chi connectivity index (χ2v) is 2.30. The summed E-state index contributed by atoms with van der Waals surface area (Å²) in [6.45, 7) is 0.573. The summed E-state index contributed by atoms with van der Waals surface area (Å²) in [5.41, 5.74) is 1.29. The molecule has 0 radical (unpaired) electrons. The van der Waals surface area contributed by atoms with Crippen LogP contribution in [0.2, 0.25) is 0 Å². The van der Waals surface area contributed by atoms with Crippen LogP contribution in [0.1, 0.15) is 16.1 Å². The zero-order valence-corrected chi connectivity index (χ0v) is 5.78. The van der Waals surface area contributed by atoms with Crippen molar-refractivity contribution in [3.05, 3.63) is 23.8 Å². The van der Waals surface area contributed by atoms with Crippen LogP contribution in [-0.4, -0.2) is 22.4 Å². The van der Waals surface area contributed by atoms with Crippen LogP contribution in [-0.2, 0) is 11.3 Å². The highest BCUT2D eigenvalue weighted by Gasteiger charge is 2.17. The lowest BCUT2D eigenvalue weighted by Crippen LogP contribution is -2.19. The molecule has 1 aromatic heterocycles. The zero-order chi connectivity index (χ0) is 7.68. The molecule has 0 aromatic carbocycles. The number of carbonyl (C=O) groups excluding carboxylic acids is 1. The number of nitrogens with zero attached hydrogens (tertiary/aromatic N) is 2. The van der Waals surface area contributed by atoms with Gasteiger partial charge in [-0.25, -0.2) is 9.97 Å². The van der Waals surface area contributed by atoms with Crippen LogP contribution in [0.15, 0.2) is 12.5 Å². The van der Waals surface area contributed by atoms with Gasteiger partial charge in [-0.1, -0.05) is 0 Å². The van der Waals surface area contributed by atoms with Crippen LogP contribution in [0.3, 0.4) is 0 Å². The maximum absolute atomic E-state index is 11.1. The van der Waals surface area contributed by atoms with E-state index in [1.54, 1.807) is 0 Å². The van der Waals surface area contributed by atoms with Crippen LogP contribution in [0.4, 0.5) is 0 Å². The number of hydrogen-bond donors (Lipinski definition) is 0. The maximum atomic E-state index is 11.1. The second kappa shape index (κ2) is 2.39. The van der Waals surface area contributed by atoms with Gasteiger partial charge < -0.3 is 4.74 Å². The Kier molecular flexibility index (Phi) is 1.40. The Morgan fingerprint density at radius 1 is 1.45 bits per heavy atom. The van der Waals surface area contributed by atoms with Crippen molar-refractivity contribution in [3.63, 3.8) is 0 Å². The van der Waals surface area contributed by atoms with E-state index in [4.69, 9.17) is 4.74 Å². The van der Waals surface area contributed by atoms with Crippen molar-refractivity contribution < 1.29 is 9.53 Å². The van der Waals surface area contributed by atoms with E-state index >= 15 is 0 Å². The molecule has 0 saturated carbocycles. The molecule has 0 amide bonds. The molecule has 1 aliphatic rings. The van der Waals surface area contributed by atoms with Gasteiger partial charge in [-0.05, 0) is 0 Å². The topological polar surface area (TPSA) is 52.1 Å². The van der Waals surface area contributed by atoms with Crippen molar-refractivity contribution >= 4 is 5.78 Å². The molecule has 0 atom stereocenters. The smallest absolute Gasteiger partial charge is 0.191 e. The molecule has 0 bridgehead atoms. The van der Waals surface area contributed by atoms with E-state index in [1.807, 2.05) is 0 Å². The predicted octanol–water partition coefficient (Wildman–Crippen LogP) is 0.190. The van der Waals surface area contributed by atoms with Crippen LogP contribution in [0, 0.1) is 0 Å². The Morgan fingerprint density at radius 3 is 3.18 bits per heavy atom. The molecule has 0 saturated heterocycles. The largest absolute Gasteiger partial charge is 0.367 e. The molecule has 0 spiro atoms. The first-order valence-corrected chi connectivity index (χ1v) is 3.28. The van der Waals surface area contributed by atoms with Crippen molar-refractivity contribution in [1.82, 2.24) is 9.97 Å². The predicted molar refractivity (Wildman–Crippen MR) is 36.0 cm³/mol. The molecule has 56 valence electrons. The molecule has 1 aromatic rings. The van der Waals surface area contributed by atoms with E-state index in [0.717, 1.165) is 0 Å². The molecule has 0 N–H and O–H groups in total. The molecule has 0 unspecified atom stereocenters. The Balaban J connectivity index is 2.52. The maximum Gasteiger partial charge on any atom is 0.191 e. The first-order valence-electron chi connectivity index (χ1n) is 3.28. The van der Waals surface area contributed by atoms with Crippen LogP contribution < -0.4 is 0 Å². The van der Waals surface area contributed by atoms with Gasteiger partial charge in [0.05, 0.1) is 17.9 Å².